The maximum Gasteiger partial charge on any atom is 0.332 e. The fourth-order valence-corrected chi connectivity index (χ4v) is 5.72. The van der Waals surface area contributed by atoms with E-state index in [-0.39, 0.29) is 48.0 Å². The smallest absolute Gasteiger partial charge is 0.332 e. The Balaban J connectivity index is 1.46. The Morgan fingerprint density at radius 1 is 0.714 bits per heavy atom. The number of carbonyl (C=O) groups is 4. The Morgan fingerprint density at radius 2 is 1.10 bits per heavy atom. The highest BCUT2D eigenvalue weighted by molar-refractivity contribution is 5.98. The lowest BCUT2D eigenvalue weighted by atomic mass is 9.84. The van der Waals surface area contributed by atoms with Crippen LogP contribution in [0.3, 0.4) is 0 Å². The number of carboxylic acid groups (broad SMARTS) is 2. The normalized spacial score (nSPS) is 21.4. The zero-order valence-corrected chi connectivity index (χ0v) is 24.2. The molecule has 10 heteroatoms. The number of carboxylic acids is 2. The van der Waals surface area contributed by atoms with Gasteiger partial charge in [0.25, 0.3) is 0 Å². The molecule has 0 aliphatic carbocycles. The molecule has 2 aromatic carbocycles. The molecule has 4 unspecified atom stereocenters. The third kappa shape index (κ3) is 7.48. The molecule has 2 N–H and O–H groups in total. The molecule has 0 saturated carbocycles. The van der Waals surface area contributed by atoms with Gasteiger partial charge in [-0.2, -0.15) is 0 Å². The van der Waals surface area contributed by atoms with Crippen molar-refractivity contribution in [3.05, 3.63) is 58.7 Å². The lowest BCUT2D eigenvalue weighted by molar-refractivity contribution is -0.136. The van der Waals surface area contributed by atoms with Gasteiger partial charge in [-0.3, -0.25) is 9.59 Å². The molecule has 42 heavy (non-hydrogen) atoms. The third-order valence-electron chi connectivity index (χ3n) is 7.92. The molecule has 0 radical (unpaired) electrons. The van der Waals surface area contributed by atoms with Crippen LogP contribution in [0.15, 0.2) is 47.5 Å². The Kier molecular flexibility index (Phi) is 9.55. The molecular weight excluding hydrogens is 544 g/mol. The minimum absolute atomic E-state index is 0.0656. The van der Waals surface area contributed by atoms with Crippen LogP contribution in [0.5, 0.6) is 23.0 Å². The fourth-order valence-electron chi connectivity index (χ4n) is 5.72. The average molecular weight is 581 g/mol. The number of aliphatic carboxylic acids is 2. The van der Waals surface area contributed by atoms with Crippen molar-refractivity contribution in [3.63, 3.8) is 0 Å². The van der Waals surface area contributed by atoms with E-state index < -0.39 is 23.9 Å². The summed E-state index contributed by atoms with van der Waals surface area (Å²) in [5, 5.41) is 20.0. The van der Waals surface area contributed by atoms with Gasteiger partial charge in [-0.25, -0.2) is 9.59 Å². The van der Waals surface area contributed by atoms with Gasteiger partial charge in [0.05, 0.1) is 12.2 Å². The lowest BCUT2D eigenvalue weighted by Gasteiger charge is -2.32. The summed E-state index contributed by atoms with van der Waals surface area (Å²) in [5.74, 6) is -1.32. The highest BCUT2D eigenvalue weighted by Gasteiger charge is 2.31. The lowest BCUT2D eigenvalue weighted by Crippen LogP contribution is -2.31. The quantitative estimate of drug-likeness (QED) is 0.220. The zero-order chi connectivity index (χ0) is 30.6. The van der Waals surface area contributed by atoms with E-state index in [9.17, 15) is 29.4 Å². The minimum Gasteiger partial charge on any atom is -0.490 e. The summed E-state index contributed by atoms with van der Waals surface area (Å²) in [6, 6.07) is 10.3. The molecule has 2 aromatic rings. The van der Waals surface area contributed by atoms with E-state index in [0.29, 0.717) is 48.7 Å². The van der Waals surface area contributed by atoms with Crippen LogP contribution in [0, 0.1) is 11.8 Å². The number of ether oxygens (including phenoxy) is 4. The largest absolute Gasteiger partial charge is 0.490 e. The number of benzene rings is 2. The van der Waals surface area contributed by atoms with Crippen molar-refractivity contribution in [2.75, 3.05) is 0 Å². The van der Waals surface area contributed by atoms with Crippen molar-refractivity contribution in [3.8, 4) is 23.0 Å². The predicted octanol–water partition coefficient (Wildman–Crippen LogP) is 5.14. The van der Waals surface area contributed by atoms with Crippen molar-refractivity contribution in [1.82, 2.24) is 0 Å². The number of esters is 2. The molecule has 0 spiro atoms. The van der Waals surface area contributed by atoms with Crippen molar-refractivity contribution in [2.45, 2.75) is 78.4 Å². The van der Waals surface area contributed by atoms with Crippen molar-refractivity contribution < 1.29 is 48.3 Å². The monoisotopic (exact) mass is 580 g/mol. The molecular formula is C32H36O10. The van der Waals surface area contributed by atoms with Crippen LogP contribution in [-0.4, -0.2) is 46.3 Å². The van der Waals surface area contributed by atoms with Crippen molar-refractivity contribution in [2.24, 2.45) is 11.8 Å². The molecule has 10 nitrogen and oxygen atoms in total. The van der Waals surface area contributed by atoms with E-state index in [1.807, 2.05) is 13.8 Å². The second-order valence-corrected chi connectivity index (χ2v) is 10.9. The molecule has 4 rings (SSSR count). The maximum atomic E-state index is 12.3. The maximum absolute atomic E-state index is 12.3. The van der Waals surface area contributed by atoms with Crippen LogP contribution in [0.4, 0.5) is 0 Å². The van der Waals surface area contributed by atoms with Crippen molar-refractivity contribution >= 4 is 23.9 Å². The summed E-state index contributed by atoms with van der Waals surface area (Å²) < 4.78 is 22.4. The number of carbonyl (C=O) groups excluding carboxylic acids is 2. The van der Waals surface area contributed by atoms with Crippen LogP contribution in [0.1, 0.15) is 64.5 Å². The SMILES string of the molecule is CC(=O)Oc1ccc2c(c1)CC(CCC(C(=O)O)=C(CCC1Cc3cc(OC(C)=O)ccc3OC1C)C(=O)O)C(C)O2. The van der Waals surface area contributed by atoms with E-state index in [1.54, 1.807) is 36.4 Å². The van der Waals surface area contributed by atoms with Gasteiger partial charge in [-0.1, -0.05) is 0 Å². The number of rotatable bonds is 10. The Bertz CT molecular complexity index is 1300. The minimum atomic E-state index is -1.25. The molecule has 0 saturated heterocycles. The fraction of sp³-hybridized carbons (Fsp3) is 0.438. The van der Waals surface area contributed by atoms with Crippen LogP contribution in [-0.2, 0) is 32.0 Å². The van der Waals surface area contributed by atoms with Gasteiger partial charge in [0, 0.05) is 36.8 Å². The van der Waals surface area contributed by atoms with E-state index >= 15 is 0 Å². The van der Waals surface area contributed by atoms with Crippen LogP contribution in [0.25, 0.3) is 0 Å². The number of hydrogen-bond donors (Lipinski definition) is 2. The summed E-state index contributed by atoms with van der Waals surface area (Å²) in [7, 11) is 0. The predicted molar refractivity (Wildman–Crippen MR) is 151 cm³/mol. The standard InChI is InChI=1S/C32H36O10/c1-17-21(13-23-15-25(41-19(3)33)7-11-29(23)39-17)5-9-27(31(35)36)28(32(37)38)10-6-22-14-24-16-26(42-20(4)34)8-12-30(24)40-18(22)2/h7-8,11-12,15-18,21-22H,5-6,9-10,13-14H2,1-4H3,(H,35,36)(H,37,38). The summed E-state index contributed by atoms with van der Waals surface area (Å²) >= 11 is 0. The van der Waals surface area contributed by atoms with E-state index in [4.69, 9.17) is 18.9 Å². The second kappa shape index (κ2) is 13.1. The molecule has 2 aliphatic rings. The highest BCUT2D eigenvalue weighted by Crippen LogP contribution is 2.38. The molecule has 0 amide bonds. The molecule has 0 fully saturated rings. The molecule has 4 atom stereocenters. The first kappa shape index (κ1) is 30.6. The van der Waals surface area contributed by atoms with Crippen LogP contribution < -0.4 is 18.9 Å². The Hall–Kier alpha value is -4.34. The van der Waals surface area contributed by atoms with Gasteiger partial charge in [-0.05, 0) is 99.9 Å². The Morgan fingerprint density at radius 3 is 1.43 bits per heavy atom. The summed E-state index contributed by atoms with van der Waals surface area (Å²) in [6.45, 7) is 6.46. The van der Waals surface area contributed by atoms with Gasteiger partial charge in [-0.15, -0.1) is 0 Å². The summed E-state index contributed by atoms with van der Waals surface area (Å²) in [4.78, 5) is 47.3. The highest BCUT2D eigenvalue weighted by atomic mass is 16.5. The summed E-state index contributed by atoms with van der Waals surface area (Å²) in [6.07, 6.45) is 1.69. The first-order valence-electron chi connectivity index (χ1n) is 14.1. The third-order valence-corrected chi connectivity index (χ3v) is 7.92. The molecule has 2 aliphatic heterocycles. The number of hydrogen-bond acceptors (Lipinski definition) is 8. The van der Waals surface area contributed by atoms with E-state index in [2.05, 4.69) is 0 Å². The zero-order valence-electron chi connectivity index (χ0n) is 24.2. The van der Waals surface area contributed by atoms with Gasteiger partial charge in [0.2, 0.25) is 0 Å². The van der Waals surface area contributed by atoms with Gasteiger partial charge in [0.15, 0.2) is 0 Å². The van der Waals surface area contributed by atoms with Crippen LogP contribution in [0.2, 0.25) is 0 Å². The first-order chi connectivity index (χ1) is 19.9. The topological polar surface area (TPSA) is 146 Å². The van der Waals surface area contributed by atoms with Gasteiger partial charge >= 0.3 is 23.9 Å². The molecule has 0 bridgehead atoms. The van der Waals surface area contributed by atoms with Gasteiger partial charge < -0.3 is 29.2 Å². The van der Waals surface area contributed by atoms with Crippen molar-refractivity contribution in [1.29, 1.82) is 0 Å². The van der Waals surface area contributed by atoms with E-state index in [0.717, 1.165) is 11.1 Å². The first-order valence-corrected chi connectivity index (χ1v) is 14.1. The molecule has 2 heterocycles. The average Bonchev–Trinajstić information content (AvgIpc) is 2.90. The van der Waals surface area contributed by atoms with Gasteiger partial charge in [0.1, 0.15) is 23.0 Å². The second-order valence-electron chi connectivity index (χ2n) is 10.9. The Labute approximate surface area is 244 Å². The molecule has 0 aromatic heterocycles. The molecule has 224 valence electrons. The summed E-state index contributed by atoms with van der Waals surface area (Å²) in [5.41, 5.74) is 1.46. The van der Waals surface area contributed by atoms with E-state index in [1.165, 1.54) is 13.8 Å². The van der Waals surface area contributed by atoms with Crippen LogP contribution >= 0.6 is 0 Å². The number of fused-ring (bicyclic) bond motifs is 2.